The summed E-state index contributed by atoms with van der Waals surface area (Å²) in [5, 5.41) is 0.176. The molecule has 1 aromatic rings. The predicted molar refractivity (Wildman–Crippen MR) is 42.7 cm³/mol. The number of methoxy groups -OCH3 is 1. The normalized spacial score (nSPS) is 9.58. The third kappa shape index (κ3) is 1.95. The number of ether oxygens (including phenoxy) is 1. The van der Waals surface area contributed by atoms with Gasteiger partial charge in [0.05, 0.1) is 12.7 Å². The van der Waals surface area contributed by atoms with Crippen molar-refractivity contribution in [2.24, 2.45) is 0 Å². The molecule has 1 aromatic carbocycles. The van der Waals surface area contributed by atoms with Crippen LogP contribution in [0.5, 0.6) is 0 Å². The fourth-order valence-corrected chi connectivity index (χ4v) is 1.01. The molecule has 0 aliphatic rings. The van der Waals surface area contributed by atoms with Crippen molar-refractivity contribution in [3.8, 4) is 0 Å². The summed E-state index contributed by atoms with van der Waals surface area (Å²) in [4.78, 5) is 10.9. The lowest BCUT2D eigenvalue weighted by atomic mass is 10.2. The Morgan fingerprint density at radius 1 is 1.50 bits per heavy atom. The van der Waals surface area contributed by atoms with E-state index in [4.69, 9.17) is 11.6 Å². The first-order chi connectivity index (χ1) is 5.63. The van der Waals surface area contributed by atoms with Gasteiger partial charge >= 0.3 is 5.97 Å². The maximum atomic E-state index is 12.6. The molecule has 0 aliphatic carbocycles. The summed E-state index contributed by atoms with van der Waals surface area (Å²) in [6.07, 6.45) is 0. The maximum absolute atomic E-state index is 12.6. The standard InChI is InChI=1S/C8H6ClFO2/c1-12-8(11)5-2-6(9)4-7(10)3-5/h2-4H,1H3. The molecule has 0 heterocycles. The molecule has 1 rings (SSSR count). The summed E-state index contributed by atoms with van der Waals surface area (Å²) in [6.45, 7) is 0. The van der Waals surface area contributed by atoms with Gasteiger partial charge in [-0.3, -0.25) is 0 Å². The highest BCUT2D eigenvalue weighted by Gasteiger charge is 2.07. The van der Waals surface area contributed by atoms with Crippen LogP contribution in [0.2, 0.25) is 5.02 Å². The molecule has 0 atom stereocenters. The van der Waals surface area contributed by atoms with Crippen LogP contribution in [0.25, 0.3) is 0 Å². The molecule has 0 bridgehead atoms. The Morgan fingerprint density at radius 2 is 2.17 bits per heavy atom. The first kappa shape index (κ1) is 9.00. The Morgan fingerprint density at radius 3 is 2.67 bits per heavy atom. The lowest BCUT2D eigenvalue weighted by Gasteiger charge is -1.99. The number of carbonyl (C=O) groups is 1. The molecule has 0 unspecified atom stereocenters. The summed E-state index contributed by atoms with van der Waals surface area (Å²) < 4.78 is 17.0. The van der Waals surface area contributed by atoms with Crippen LogP contribution < -0.4 is 0 Å². The quantitative estimate of drug-likeness (QED) is 0.632. The molecular formula is C8H6ClFO2. The molecule has 64 valence electrons. The second kappa shape index (κ2) is 3.54. The van der Waals surface area contributed by atoms with Gasteiger partial charge in [-0.25, -0.2) is 9.18 Å². The molecule has 12 heavy (non-hydrogen) atoms. The molecule has 0 N–H and O–H groups in total. The molecule has 0 spiro atoms. The monoisotopic (exact) mass is 188 g/mol. The maximum Gasteiger partial charge on any atom is 0.338 e. The molecule has 0 radical (unpaired) electrons. The Kier molecular flexibility index (Phi) is 2.65. The number of rotatable bonds is 1. The Balaban J connectivity index is 3.08. The molecule has 0 fully saturated rings. The van der Waals surface area contributed by atoms with Crippen molar-refractivity contribution in [1.29, 1.82) is 0 Å². The zero-order valence-electron chi connectivity index (χ0n) is 6.30. The molecule has 0 aromatic heterocycles. The van der Waals surface area contributed by atoms with Gasteiger partial charge in [0, 0.05) is 5.02 Å². The number of hydrogen-bond donors (Lipinski definition) is 0. The number of esters is 1. The van der Waals surface area contributed by atoms with Crippen LogP contribution in [0.15, 0.2) is 18.2 Å². The highest BCUT2D eigenvalue weighted by atomic mass is 35.5. The van der Waals surface area contributed by atoms with Crippen molar-refractivity contribution in [3.05, 3.63) is 34.6 Å². The minimum Gasteiger partial charge on any atom is -0.465 e. The summed E-state index contributed by atoms with van der Waals surface area (Å²) in [7, 11) is 1.22. The van der Waals surface area contributed by atoms with E-state index < -0.39 is 11.8 Å². The summed E-state index contributed by atoms with van der Waals surface area (Å²) in [5.41, 5.74) is 0.113. The molecule has 4 heteroatoms. The third-order valence-electron chi connectivity index (χ3n) is 1.28. The van der Waals surface area contributed by atoms with E-state index in [0.717, 1.165) is 12.1 Å². The van der Waals surface area contributed by atoms with Gasteiger partial charge in [-0.1, -0.05) is 11.6 Å². The average molecular weight is 189 g/mol. The topological polar surface area (TPSA) is 26.3 Å². The summed E-state index contributed by atoms with van der Waals surface area (Å²) in [5.74, 6) is -1.15. The lowest BCUT2D eigenvalue weighted by molar-refractivity contribution is 0.0600. The van der Waals surface area contributed by atoms with E-state index in [-0.39, 0.29) is 10.6 Å². The van der Waals surface area contributed by atoms with Crippen LogP contribution in [0.4, 0.5) is 4.39 Å². The number of benzene rings is 1. The summed E-state index contributed by atoms with van der Waals surface area (Å²) >= 11 is 5.50. The predicted octanol–water partition coefficient (Wildman–Crippen LogP) is 2.27. The molecule has 0 amide bonds. The van der Waals surface area contributed by atoms with Crippen molar-refractivity contribution in [3.63, 3.8) is 0 Å². The lowest BCUT2D eigenvalue weighted by Crippen LogP contribution is -2.01. The second-order valence-electron chi connectivity index (χ2n) is 2.15. The van der Waals surface area contributed by atoms with Crippen LogP contribution in [-0.2, 0) is 4.74 Å². The first-order valence-electron chi connectivity index (χ1n) is 3.18. The van der Waals surface area contributed by atoms with E-state index in [1.165, 1.54) is 13.2 Å². The summed E-state index contributed by atoms with van der Waals surface area (Å²) in [6, 6.07) is 3.53. The van der Waals surface area contributed by atoms with E-state index in [2.05, 4.69) is 4.74 Å². The van der Waals surface area contributed by atoms with Gasteiger partial charge in [0.25, 0.3) is 0 Å². The number of hydrogen-bond acceptors (Lipinski definition) is 2. The Labute approximate surface area is 73.9 Å². The minimum absolute atomic E-state index is 0.113. The van der Waals surface area contributed by atoms with Gasteiger partial charge < -0.3 is 4.74 Å². The zero-order valence-corrected chi connectivity index (χ0v) is 7.06. The SMILES string of the molecule is COC(=O)c1cc(F)cc(Cl)c1. The van der Waals surface area contributed by atoms with Gasteiger partial charge in [-0.2, -0.15) is 0 Å². The fraction of sp³-hybridized carbons (Fsp3) is 0.125. The van der Waals surface area contributed by atoms with E-state index in [1.807, 2.05) is 0 Å². The van der Waals surface area contributed by atoms with Crippen molar-refractivity contribution in [2.45, 2.75) is 0 Å². The van der Waals surface area contributed by atoms with Crippen molar-refractivity contribution >= 4 is 17.6 Å². The van der Waals surface area contributed by atoms with Gasteiger partial charge in [-0.05, 0) is 18.2 Å². The molecular weight excluding hydrogens is 183 g/mol. The Bertz CT molecular complexity index is 292. The van der Waals surface area contributed by atoms with Crippen LogP contribution in [0, 0.1) is 5.82 Å². The first-order valence-corrected chi connectivity index (χ1v) is 3.55. The van der Waals surface area contributed by atoms with E-state index in [0.29, 0.717) is 0 Å². The van der Waals surface area contributed by atoms with E-state index in [9.17, 15) is 9.18 Å². The molecule has 0 saturated heterocycles. The van der Waals surface area contributed by atoms with Crippen LogP contribution in [0.1, 0.15) is 10.4 Å². The van der Waals surface area contributed by atoms with E-state index >= 15 is 0 Å². The largest absolute Gasteiger partial charge is 0.465 e. The minimum atomic E-state index is -0.601. The van der Waals surface area contributed by atoms with Gasteiger partial charge in [0.1, 0.15) is 5.82 Å². The highest BCUT2D eigenvalue weighted by Crippen LogP contribution is 2.14. The average Bonchev–Trinajstić information content (AvgIpc) is 2.01. The van der Waals surface area contributed by atoms with Crippen LogP contribution in [-0.4, -0.2) is 13.1 Å². The smallest absolute Gasteiger partial charge is 0.338 e. The van der Waals surface area contributed by atoms with Crippen molar-refractivity contribution < 1.29 is 13.9 Å². The highest BCUT2D eigenvalue weighted by molar-refractivity contribution is 6.30. The van der Waals surface area contributed by atoms with Crippen molar-refractivity contribution in [1.82, 2.24) is 0 Å². The molecule has 0 aliphatic heterocycles. The fourth-order valence-electron chi connectivity index (χ4n) is 0.790. The van der Waals surface area contributed by atoms with Gasteiger partial charge in [0.15, 0.2) is 0 Å². The zero-order chi connectivity index (χ0) is 9.14. The van der Waals surface area contributed by atoms with Gasteiger partial charge in [-0.15, -0.1) is 0 Å². The Hall–Kier alpha value is -1.09. The number of carbonyl (C=O) groups excluding carboxylic acids is 1. The molecule has 2 nitrogen and oxygen atoms in total. The number of halogens is 2. The third-order valence-corrected chi connectivity index (χ3v) is 1.50. The van der Waals surface area contributed by atoms with Crippen LogP contribution in [0.3, 0.4) is 0 Å². The van der Waals surface area contributed by atoms with E-state index in [1.54, 1.807) is 0 Å². The van der Waals surface area contributed by atoms with Gasteiger partial charge in [0.2, 0.25) is 0 Å². The van der Waals surface area contributed by atoms with Crippen molar-refractivity contribution in [2.75, 3.05) is 7.11 Å². The van der Waals surface area contributed by atoms with Crippen LogP contribution >= 0.6 is 11.6 Å². The second-order valence-corrected chi connectivity index (χ2v) is 2.59. The molecule has 0 saturated carbocycles.